The largest absolute Gasteiger partial charge is 0.355 e. The molecule has 1 aromatic heterocycles. The number of hydrogen-bond acceptors (Lipinski definition) is 3. The maximum atomic E-state index is 12.3. The molecular weight excluding hydrogens is 250 g/mol. The SMILES string of the molecule is Cc1ccnc(N2CCCN(C(=O)C3CCC3)CC2)c1. The molecule has 0 N–H and O–H groups in total. The summed E-state index contributed by atoms with van der Waals surface area (Å²) < 4.78 is 0. The minimum Gasteiger partial charge on any atom is -0.355 e. The lowest BCUT2D eigenvalue weighted by atomic mass is 9.84. The number of rotatable bonds is 2. The van der Waals surface area contributed by atoms with Gasteiger partial charge in [0.2, 0.25) is 5.91 Å². The second kappa shape index (κ2) is 5.81. The molecule has 3 rings (SSSR count). The van der Waals surface area contributed by atoms with Crippen LogP contribution in [-0.4, -0.2) is 42.0 Å². The fourth-order valence-corrected chi connectivity index (χ4v) is 2.97. The molecule has 4 nitrogen and oxygen atoms in total. The van der Waals surface area contributed by atoms with Crippen LogP contribution in [0.15, 0.2) is 18.3 Å². The molecule has 1 aliphatic heterocycles. The molecule has 1 aromatic rings. The first-order valence-electron chi connectivity index (χ1n) is 7.70. The molecule has 2 heterocycles. The number of nitrogens with zero attached hydrogens (tertiary/aromatic N) is 3. The lowest BCUT2D eigenvalue weighted by Gasteiger charge is -2.31. The number of aromatic nitrogens is 1. The van der Waals surface area contributed by atoms with E-state index in [9.17, 15) is 4.79 Å². The van der Waals surface area contributed by atoms with Gasteiger partial charge in [0, 0.05) is 38.3 Å². The van der Waals surface area contributed by atoms with Gasteiger partial charge in [-0.05, 0) is 43.9 Å². The van der Waals surface area contributed by atoms with Crippen LogP contribution < -0.4 is 4.90 Å². The lowest BCUT2D eigenvalue weighted by molar-refractivity contribution is -0.137. The van der Waals surface area contributed by atoms with Gasteiger partial charge in [0.25, 0.3) is 0 Å². The number of pyridine rings is 1. The number of aryl methyl sites for hydroxylation is 1. The third-order valence-electron chi connectivity index (χ3n) is 4.49. The van der Waals surface area contributed by atoms with Gasteiger partial charge >= 0.3 is 0 Å². The van der Waals surface area contributed by atoms with Crippen molar-refractivity contribution in [3.8, 4) is 0 Å². The first-order valence-corrected chi connectivity index (χ1v) is 7.70. The Morgan fingerprint density at radius 2 is 2.05 bits per heavy atom. The predicted octanol–water partition coefficient (Wildman–Crippen LogP) is 2.23. The van der Waals surface area contributed by atoms with Crippen molar-refractivity contribution >= 4 is 11.7 Å². The smallest absolute Gasteiger partial charge is 0.225 e. The zero-order valence-corrected chi connectivity index (χ0v) is 12.2. The maximum Gasteiger partial charge on any atom is 0.225 e. The molecule has 4 heteroatoms. The van der Waals surface area contributed by atoms with Gasteiger partial charge in [0.05, 0.1) is 0 Å². The van der Waals surface area contributed by atoms with E-state index in [1.54, 1.807) is 0 Å². The van der Waals surface area contributed by atoms with Crippen LogP contribution in [-0.2, 0) is 4.79 Å². The highest BCUT2D eigenvalue weighted by Crippen LogP contribution is 2.28. The van der Waals surface area contributed by atoms with Crippen molar-refractivity contribution in [2.45, 2.75) is 32.6 Å². The Bertz CT molecular complexity index is 484. The summed E-state index contributed by atoms with van der Waals surface area (Å²) in [5.41, 5.74) is 1.24. The van der Waals surface area contributed by atoms with Gasteiger partial charge in [-0.1, -0.05) is 6.42 Å². The Balaban J connectivity index is 1.63. The van der Waals surface area contributed by atoms with Gasteiger partial charge in [-0.3, -0.25) is 4.79 Å². The van der Waals surface area contributed by atoms with Gasteiger partial charge in [-0.2, -0.15) is 0 Å². The van der Waals surface area contributed by atoms with E-state index < -0.39 is 0 Å². The van der Waals surface area contributed by atoms with Crippen molar-refractivity contribution in [3.05, 3.63) is 23.9 Å². The number of anilines is 1. The van der Waals surface area contributed by atoms with Crippen molar-refractivity contribution < 1.29 is 4.79 Å². The van der Waals surface area contributed by atoms with Gasteiger partial charge in [-0.15, -0.1) is 0 Å². The second-order valence-electron chi connectivity index (χ2n) is 5.99. The van der Waals surface area contributed by atoms with Crippen molar-refractivity contribution in [3.63, 3.8) is 0 Å². The number of carbonyl (C=O) groups is 1. The third-order valence-corrected chi connectivity index (χ3v) is 4.49. The molecule has 2 aliphatic rings. The average molecular weight is 273 g/mol. The quantitative estimate of drug-likeness (QED) is 0.829. The van der Waals surface area contributed by atoms with Crippen LogP contribution in [0.2, 0.25) is 0 Å². The van der Waals surface area contributed by atoms with Gasteiger partial charge in [0.1, 0.15) is 5.82 Å². The van der Waals surface area contributed by atoms with E-state index in [1.807, 2.05) is 12.3 Å². The fourth-order valence-electron chi connectivity index (χ4n) is 2.97. The predicted molar refractivity (Wildman–Crippen MR) is 79.7 cm³/mol. The van der Waals surface area contributed by atoms with Crippen LogP contribution in [0.3, 0.4) is 0 Å². The van der Waals surface area contributed by atoms with E-state index in [4.69, 9.17) is 0 Å². The molecule has 20 heavy (non-hydrogen) atoms. The molecule has 1 saturated heterocycles. The maximum absolute atomic E-state index is 12.3. The second-order valence-corrected chi connectivity index (χ2v) is 5.99. The highest BCUT2D eigenvalue weighted by Gasteiger charge is 2.30. The zero-order valence-electron chi connectivity index (χ0n) is 12.2. The van der Waals surface area contributed by atoms with Crippen molar-refractivity contribution in [2.24, 2.45) is 5.92 Å². The third kappa shape index (κ3) is 2.79. The topological polar surface area (TPSA) is 36.4 Å². The monoisotopic (exact) mass is 273 g/mol. The summed E-state index contributed by atoms with van der Waals surface area (Å²) in [7, 11) is 0. The summed E-state index contributed by atoms with van der Waals surface area (Å²) in [5.74, 6) is 1.75. The Labute approximate surface area is 120 Å². The molecule has 0 radical (unpaired) electrons. The van der Waals surface area contributed by atoms with E-state index in [1.165, 1.54) is 12.0 Å². The van der Waals surface area contributed by atoms with E-state index >= 15 is 0 Å². The van der Waals surface area contributed by atoms with E-state index in [0.29, 0.717) is 11.8 Å². The van der Waals surface area contributed by atoms with Crippen LogP contribution in [0.25, 0.3) is 0 Å². The fraction of sp³-hybridized carbons (Fsp3) is 0.625. The summed E-state index contributed by atoms with van der Waals surface area (Å²) in [6, 6.07) is 4.15. The Kier molecular flexibility index (Phi) is 3.90. The summed E-state index contributed by atoms with van der Waals surface area (Å²) in [6.07, 6.45) is 6.32. The van der Waals surface area contributed by atoms with Crippen LogP contribution in [0.1, 0.15) is 31.2 Å². The van der Waals surface area contributed by atoms with E-state index in [2.05, 4.69) is 27.8 Å². The number of hydrogen-bond donors (Lipinski definition) is 0. The van der Waals surface area contributed by atoms with Gasteiger partial charge < -0.3 is 9.80 Å². The van der Waals surface area contributed by atoms with Crippen LogP contribution >= 0.6 is 0 Å². The van der Waals surface area contributed by atoms with E-state index in [-0.39, 0.29) is 0 Å². The molecule has 0 bridgehead atoms. The first kappa shape index (κ1) is 13.4. The lowest BCUT2D eigenvalue weighted by Crippen LogP contribution is -2.41. The van der Waals surface area contributed by atoms with Crippen LogP contribution in [0, 0.1) is 12.8 Å². The van der Waals surface area contributed by atoms with Gasteiger partial charge in [0.15, 0.2) is 0 Å². The molecule has 2 fully saturated rings. The van der Waals surface area contributed by atoms with E-state index in [0.717, 1.165) is 51.3 Å². The van der Waals surface area contributed by atoms with Crippen molar-refractivity contribution in [1.29, 1.82) is 0 Å². The average Bonchev–Trinajstić information content (AvgIpc) is 2.62. The standard InChI is InChI=1S/C16H23N3O/c1-13-6-7-17-15(12-13)18-8-3-9-19(11-10-18)16(20)14-4-2-5-14/h6-7,12,14H,2-5,8-11H2,1H3. The minimum absolute atomic E-state index is 0.318. The molecule has 0 unspecified atom stereocenters. The Morgan fingerprint density at radius 3 is 2.75 bits per heavy atom. The molecule has 1 aliphatic carbocycles. The molecule has 0 atom stereocenters. The Hall–Kier alpha value is -1.58. The number of carbonyl (C=O) groups excluding carboxylic acids is 1. The van der Waals surface area contributed by atoms with Crippen LogP contribution in [0.4, 0.5) is 5.82 Å². The number of amides is 1. The Morgan fingerprint density at radius 1 is 1.20 bits per heavy atom. The highest BCUT2D eigenvalue weighted by molar-refractivity contribution is 5.79. The van der Waals surface area contributed by atoms with Crippen LogP contribution in [0.5, 0.6) is 0 Å². The minimum atomic E-state index is 0.318. The molecule has 0 spiro atoms. The molecule has 1 amide bonds. The highest BCUT2D eigenvalue weighted by atomic mass is 16.2. The molecule has 1 saturated carbocycles. The summed E-state index contributed by atoms with van der Waals surface area (Å²) in [6.45, 7) is 5.72. The summed E-state index contributed by atoms with van der Waals surface area (Å²) in [4.78, 5) is 21.2. The first-order chi connectivity index (χ1) is 9.74. The molecular formula is C16H23N3O. The van der Waals surface area contributed by atoms with Gasteiger partial charge in [-0.25, -0.2) is 4.98 Å². The summed E-state index contributed by atoms with van der Waals surface area (Å²) >= 11 is 0. The normalized spacial score (nSPS) is 20.4. The van der Waals surface area contributed by atoms with Crippen molar-refractivity contribution in [2.75, 3.05) is 31.1 Å². The molecule has 0 aromatic carbocycles. The molecule has 108 valence electrons. The summed E-state index contributed by atoms with van der Waals surface area (Å²) in [5, 5.41) is 0. The zero-order chi connectivity index (χ0) is 13.9. The van der Waals surface area contributed by atoms with Crippen molar-refractivity contribution in [1.82, 2.24) is 9.88 Å².